The Kier molecular flexibility index (Phi) is 7.14. The van der Waals surface area contributed by atoms with Crippen molar-refractivity contribution in [3.8, 4) is 28.4 Å². The standard InChI is InChI=1S/C25H31N5O3/c1-31-21-12-11-18(23(32-2)24(21)33-3)16-7-6-8-17(15-16)28-22-13-14-27-25(30-22)29-20-10-5-4-9-19(20)26/h6-8,11-15,19-20H,4-5,9-10,26H2,1-3H3,(H2,27,28,29,30)/t19-,20+/m0/s1. The van der Waals surface area contributed by atoms with E-state index in [9.17, 15) is 0 Å². The van der Waals surface area contributed by atoms with Gasteiger partial charge in [-0.1, -0.05) is 25.0 Å². The number of nitrogens with zero attached hydrogens (tertiary/aromatic N) is 2. The van der Waals surface area contributed by atoms with E-state index in [-0.39, 0.29) is 12.1 Å². The van der Waals surface area contributed by atoms with Crippen molar-refractivity contribution in [3.63, 3.8) is 0 Å². The molecular weight excluding hydrogens is 418 g/mol. The van der Waals surface area contributed by atoms with Crippen LogP contribution in [0.3, 0.4) is 0 Å². The molecular formula is C25H31N5O3. The highest BCUT2D eigenvalue weighted by molar-refractivity contribution is 5.79. The number of benzene rings is 2. The van der Waals surface area contributed by atoms with Crippen molar-refractivity contribution in [2.75, 3.05) is 32.0 Å². The van der Waals surface area contributed by atoms with E-state index in [1.165, 1.54) is 12.8 Å². The van der Waals surface area contributed by atoms with Crippen LogP contribution in [0.1, 0.15) is 25.7 Å². The van der Waals surface area contributed by atoms with E-state index in [1.54, 1.807) is 27.5 Å². The number of hydrogen-bond acceptors (Lipinski definition) is 8. The lowest BCUT2D eigenvalue weighted by atomic mass is 9.91. The molecule has 0 spiro atoms. The second-order valence-electron chi connectivity index (χ2n) is 8.05. The van der Waals surface area contributed by atoms with Crippen LogP contribution < -0.4 is 30.6 Å². The van der Waals surface area contributed by atoms with Crippen LogP contribution in [-0.2, 0) is 0 Å². The molecule has 2 aromatic carbocycles. The van der Waals surface area contributed by atoms with Gasteiger partial charge in [-0.2, -0.15) is 4.98 Å². The topological polar surface area (TPSA) is 104 Å². The van der Waals surface area contributed by atoms with Crippen LogP contribution >= 0.6 is 0 Å². The van der Waals surface area contributed by atoms with Crippen molar-refractivity contribution < 1.29 is 14.2 Å². The number of hydrogen-bond donors (Lipinski definition) is 3. The molecule has 1 aliphatic carbocycles. The smallest absolute Gasteiger partial charge is 0.224 e. The summed E-state index contributed by atoms with van der Waals surface area (Å²) >= 11 is 0. The number of anilines is 3. The molecule has 1 aliphatic rings. The Hall–Kier alpha value is -3.52. The molecule has 8 heteroatoms. The lowest BCUT2D eigenvalue weighted by Crippen LogP contribution is -2.42. The highest BCUT2D eigenvalue weighted by atomic mass is 16.5. The average Bonchev–Trinajstić information content (AvgIpc) is 2.84. The maximum atomic E-state index is 6.26. The van der Waals surface area contributed by atoms with E-state index in [0.717, 1.165) is 29.7 Å². The van der Waals surface area contributed by atoms with Crippen LogP contribution in [0, 0.1) is 0 Å². The van der Waals surface area contributed by atoms with E-state index in [1.807, 2.05) is 42.5 Å². The monoisotopic (exact) mass is 449 g/mol. The van der Waals surface area contributed by atoms with Crippen LogP contribution in [0.4, 0.5) is 17.5 Å². The first kappa shape index (κ1) is 22.7. The van der Waals surface area contributed by atoms with Gasteiger partial charge in [0, 0.05) is 29.5 Å². The van der Waals surface area contributed by atoms with Crippen molar-refractivity contribution in [3.05, 3.63) is 48.7 Å². The lowest BCUT2D eigenvalue weighted by molar-refractivity contribution is 0.325. The predicted octanol–water partition coefficient (Wildman–Crippen LogP) is 4.59. The molecule has 0 unspecified atom stereocenters. The van der Waals surface area contributed by atoms with Gasteiger partial charge < -0.3 is 30.6 Å². The fourth-order valence-electron chi connectivity index (χ4n) is 4.24. The number of nitrogens with two attached hydrogens (primary N) is 1. The number of methoxy groups -OCH3 is 3. The fraction of sp³-hybridized carbons (Fsp3) is 0.360. The largest absolute Gasteiger partial charge is 0.493 e. The fourth-order valence-corrected chi connectivity index (χ4v) is 4.24. The van der Waals surface area contributed by atoms with E-state index in [4.69, 9.17) is 19.9 Å². The third-order valence-corrected chi connectivity index (χ3v) is 5.94. The van der Waals surface area contributed by atoms with Crippen molar-refractivity contribution in [1.29, 1.82) is 0 Å². The van der Waals surface area contributed by atoms with Gasteiger partial charge in [0.25, 0.3) is 0 Å². The number of rotatable bonds is 8. The summed E-state index contributed by atoms with van der Waals surface area (Å²) in [6.07, 6.45) is 6.17. The van der Waals surface area contributed by atoms with E-state index >= 15 is 0 Å². The number of aromatic nitrogens is 2. The predicted molar refractivity (Wildman–Crippen MR) is 131 cm³/mol. The molecule has 1 heterocycles. The summed E-state index contributed by atoms with van der Waals surface area (Å²) in [6, 6.07) is 14.0. The minimum absolute atomic E-state index is 0.132. The zero-order chi connectivity index (χ0) is 23.2. The van der Waals surface area contributed by atoms with E-state index in [2.05, 4.69) is 20.6 Å². The quantitative estimate of drug-likeness (QED) is 0.459. The van der Waals surface area contributed by atoms with Gasteiger partial charge in [-0.3, -0.25) is 0 Å². The summed E-state index contributed by atoms with van der Waals surface area (Å²) < 4.78 is 16.6. The molecule has 0 aliphatic heterocycles. The second kappa shape index (κ2) is 10.4. The summed E-state index contributed by atoms with van der Waals surface area (Å²) in [4.78, 5) is 9.01. The maximum absolute atomic E-state index is 6.26. The number of nitrogens with one attached hydrogen (secondary N) is 2. The van der Waals surface area contributed by atoms with Crippen LogP contribution in [-0.4, -0.2) is 43.4 Å². The molecule has 174 valence electrons. The van der Waals surface area contributed by atoms with Crippen molar-refractivity contribution in [1.82, 2.24) is 9.97 Å². The van der Waals surface area contributed by atoms with Gasteiger partial charge in [-0.25, -0.2) is 4.98 Å². The molecule has 4 rings (SSSR count). The normalized spacial score (nSPS) is 17.8. The summed E-state index contributed by atoms with van der Waals surface area (Å²) in [5, 5.41) is 6.78. The van der Waals surface area contributed by atoms with Gasteiger partial charge in [-0.15, -0.1) is 0 Å². The van der Waals surface area contributed by atoms with Crippen molar-refractivity contribution >= 4 is 17.5 Å². The second-order valence-corrected chi connectivity index (χ2v) is 8.05. The highest BCUT2D eigenvalue weighted by Crippen LogP contribution is 2.44. The minimum Gasteiger partial charge on any atom is -0.493 e. The molecule has 33 heavy (non-hydrogen) atoms. The first-order valence-electron chi connectivity index (χ1n) is 11.1. The SMILES string of the molecule is COc1ccc(-c2cccc(Nc3ccnc(N[C@@H]4CCCC[C@@H]4N)n3)c2)c(OC)c1OC. The maximum Gasteiger partial charge on any atom is 0.224 e. The molecule has 0 amide bonds. The summed E-state index contributed by atoms with van der Waals surface area (Å²) in [5.74, 6) is 3.08. The lowest BCUT2D eigenvalue weighted by Gasteiger charge is -2.29. The van der Waals surface area contributed by atoms with E-state index in [0.29, 0.717) is 29.0 Å². The van der Waals surface area contributed by atoms with Gasteiger partial charge in [0.2, 0.25) is 11.7 Å². The molecule has 0 saturated heterocycles. The number of ether oxygens (including phenoxy) is 3. The van der Waals surface area contributed by atoms with Gasteiger partial charge in [0.05, 0.1) is 21.3 Å². The Bertz CT molecular complexity index is 1090. The Labute approximate surface area is 194 Å². The van der Waals surface area contributed by atoms with Crippen LogP contribution in [0.2, 0.25) is 0 Å². The Morgan fingerprint density at radius 1 is 0.939 bits per heavy atom. The first-order chi connectivity index (χ1) is 16.1. The molecule has 4 N–H and O–H groups in total. The molecule has 1 fully saturated rings. The Morgan fingerprint density at radius 2 is 1.76 bits per heavy atom. The Balaban J connectivity index is 1.56. The van der Waals surface area contributed by atoms with Crippen molar-refractivity contribution in [2.24, 2.45) is 5.73 Å². The van der Waals surface area contributed by atoms with Gasteiger partial charge >= 0.3 is 0 Å². The minimum atomic E-state index is 0.132. The Morgan fingerprint density at radius 3 is 2.52 bits per heavy atom. The third kappa shape index (κ3) is 5.12. The molecule has 2 atom stereocenters. The molecule has 1 aromatic heterocycles. The van der Waals surface area contributed by atoms with Crippen LogP contribution in [0.15, 0.2) is 48.7 Å². The third-order valence-electron chi connectivity index (χ3n) is 5.94. The highest BCUT2D eigenvalue weighted by Gasteiger charge is 2.22. The van der Waals surface area contributed by atoms with E-state index < -0.39 is 0 Å². The summed E-state index contributed by atoms with van der Waals surface area (Å²) in [6.45, 7) is 0. The summed E-state index contributed by atoms with van der Waals surface area (Å²) in [5.41, 5.74) is 9.02. The molecule has 8 nitrogen and oxygen atoms in total. The zero-order valence-corrected chi connectivity index (χ0v) is 19.3. The van der Waals surface area contributed by atoms with Gasteiger partial charge in [-0.05, 0) is 48.7 Å². The van der Waals surface area contributed by atoms with Crippen LogP contribution in [0.5, 0.6) is 17.2 Å². The molecule has 3 aromatic rings. The molecule has 0 bridgehead atoms. The summed E-state index contributed by atoms with van der Waals surface area (Å²) in [7, 11) is 4.83. The zero-order valence-electron chi connectivity index (χ0n) is 19.3. The van der Waals surface area contributed by atoms with Gasteiger partial charge in [0.15, 0.2) is 11.5 Å². The van der Waals surface area contributed by atoms with Crippen molar-refractivity contribution in [2.45, 2.75) is 37.8 Å². The molecule has 1 saturated carbocycles. The van der Waals surface area contributed by atoms with Crippen LogP contribution in [0.25, 0.3) is 11.1 Å². The molecule has 0 radical (unpaired) electrons. The average molecular weight is 450 g/mol. The first-order valence-corrected chi connectivity index (χ1v) is 11.1. The van der Waals surface area contributed by atoms with Gasteiger partial charge in [0.1, 0.15) is 5.82 Å².